The number of hydrogen-bond donors (Lipinski definition) is 1. The Labute approximate surface area is 107 Å². The average Bonchev–Trinajstić information content (AvgIpc) is 2.70. The number of rotatable bonds is 3. The Balaban J connectivity index is 1.71. The van der Waals surface area contributed by atoms with E-state index in [1.165, 1.54) is 0 Å². The van der Waals surface area contributed by atoms with Crippen molar-refractivity contribution in [1.29, 1.82) is 0 Å². The number of hydrogen-bond acceptors (Lipinski definition) is 3. The molecule has 0 saturated heterocycles. The highest BCUT2D eigenvalue weighted by molar-refractivity contribution is 5.45. The monoisotopic (exact) mass is 244 g/mol. The van der Waals surface area contributed by atoms with E-state index in [0.717, 1.165) is 18.0 Å². The van der Waals surface area contributed by atoms with E-state index in [0.29, 0.717) is 16.7 Å². The van der Waals surface area contributed by atoms with Crippen LogP contribution in [0.3, 0.4) is 0 Å². The lowest BCUT2D eigenvalue weighted by atomic mass is 10.0. The Morgan fingerprint density at radius 2 is 1.94 bits per heavy atom. The van der Waals surface area contributed by atoms with E-state index >= 15 is 0 Å². The van der Waals surface area contributed by atoms with Crippen molar-refractivity contribution in [2.45, 2.75) is 27.7 Å². The summed E-state index contributed by atoms with van der Waals surface area (Å²) >= 11 is 0. The van der Waals surface area contributed by atoms with Crippen molar-refractivity contribution in [2.24, 2.45) is 16.7 Å². The summed E-state index contributed by atoms with van der Waals surface area (Å²) in [7, 11) is 0. The van der Waals surface area contributed by atoms with Crippen LogP contribution in [-0.4, -0.2) is 21.1 Å². The van der Waals surface area contributed by atoms with Crippen molar-refractivity contribution in [2.75, 3.05) is 11.9 Å². The maximum Gasteiger partial charge on any atom is 0.157 e. The van der Waals surface area contributed by atoms with Crippen molar-refractivity contribution in [3.05, 3.63) is 24.5 Å². The van der Waals surface area contributed by atoms with E-state index in [9.17, 15) is 0 Å². The Kier molecular flexibility index (Phi) is 2.22. The number of nitrogens with zero attached hydrogens (tertiary/aromatic N) is 3. The summed E-state index contributed by atoms with van der Waals surface area (Å²) < 4.78 is 1.77. The summed E-state index contributed by atoms with van der Waals surface area (Å²) in [4.78, 5) is 4.52. The minimum absolute atomic E-state index is 0.417. The predicted molar refractivity (Wildman–Crippen MR) is 72.5 cm³/mol. The number of fused-ring (bicyclic) bond motifs is 1. The molecule has 1 N–H and O–H groups in total. The molecule has 4 heteroatoms. The van der Waals surface area contributed by atoms with E-state index in [1.807, 2.05) is 18.3 Å². The first kappa shape index (κ1) is 11.5. The van der Waals surface area contributed by atoms with Gasteiger partial charge < -0.3 is 5.32 Å². The maximum absolute atomic E-state index is 4.52. The van der Waals surface area contributed by atoms with Crippen LogP contribution in [0.1, 0.15) is 27.7 Å². The zero-order chi connectivity index (χ0) is 13.0. The van der Waals surface area contributed by atoms with Crippen LogP contribution in [0, 0.1) is 16.7 Å². The van der Waals surface area contributed by atoms with Crippen molar-refractivity contribution >= 4 is 11.5 Å². The van der Waals surface area contributed by atoms with Gasteiger partial charge in [-0.2, -0.15) is 5.10 Å². The van der Waals surface area contributed by atoms with Crippen LogP contribution >= 0.6 is 0 Å². The molecule has 18 heavy (non-hydrogen) atoms. The van der Waals surface area contributed by atoms with Crippen LogP contribution in [0.25, 0.3) is 5.65 Å². The molecule has 0 atom stereocenters. The SMILES string of the molecule is CC1(C)C(CNc2ccn3nccc3n2)C1(C)C. The minimum atomic E-state index is 0.417. The molecule has 1 aliphatic rings. The third-order valence-electron chi connectivity index (χ3n) is 5.06. The molecule has 2 aromatic heterocycles. The second-order valence-electron chi connectivity index (χ2n) is 6.32. The second-order valence-corrected chi connectivity index (χ2v) is 6.32. The van der Waals surface area contributed by atoms with Gasteiger partial charge in [0.2, 0.25) is 0 Å². The second kappa shape index (κ2) is 3.46. The molecule has 0 spiro atoms. The lowest BCUT2D eigenvalue weighted by molar-refractivity contribution is 0.457. The topological polar surface area (TPSA) is 42.2 Å². The summed E-state index contributed by atoms with van der Waals surface area (Å²) in [5.41, 5.74) is 1.72. The molecule has 1 aliphatic carbocycles. The molecular formula is C14H20N4. The van der Waals surface area contributed by atoms with E-state index in [1.54, 1.807) is 10.7 Å². The lowest BCUT2D eigenvalue weighted by Gasteiger charge is -2.06. The third-order valence-corrected chi connectivity index (χ3v) is 5.06. The molecule has 0 aromatic carbocycles. The fourth-order valence-electron chi connectivity index (χ4n) is 2.96. The van der Waals surface area contributed by atoms with Crippen LogP contribution in [0.15, 0.2) is 24.5 Å². The largest absolute Gasteiger partial charge is 0.370 e. The van der Waals surface area contributed by atoms with Gasteiger partial charge in [-0.3, -0.25) is 0 Å². The van der Waals surface area contributed by atoms with Crippen LogP contribution in [0.5, 0.6) is 0 Å². The molecule has 96 valence electrons. The Bertz CT molecular complexity index is 568. The van der Waals surface area contributed by atoms with Gasteiger partial charge in [0.1, 0.15) is 5.82 Å². The zero-order valence-electron chi connectivity index (χ0n) is 11.4. The molecule has 0 unspecified atom stereocenters. The summed E-state index contributed by atoms with van der Waals surface area (Å²) in [5.74, 6) is 1.63. The van der Waals surface area contributed by atoms with Crippen molar-refractivity contribution < 1.29 is 0 Å². The highest BCUT2D eigenvalue weighted by Gasteiger charge is 2.64. The maximum atomic E-state index is 4.52. The summed E-state index contributed by atoms with van der Waals surface area (Å²) in [6.07, 6.45) is 3.70. The number of anilines is 1. The van der Waals surface area contributed by atoms with Gasteiger partial charge in [0.05, 0.1) is 6.20 Å². The van der Waals surface area contributed by atoms with Gasteiger partial charge in [-0.1, -0.05) is 27.7 Å². The van der Waals surface area contributed by atoms with Gasteiger partial charge in [-0.25, -0.2) is 9.50 Å². The van der Waals surface area contributed by atoms with Crippen LogP contribution in [0.2, 0.25) is 0 Å². The Morgan fingerprint density at radius 1 is 1.22 bits per heavy atom. The first-order chi connectivity index (χ1) is 8.43. The molecule has 0 radical (unpaired) electrons. The molecule has 1 fully saturated rings. The first-order valence-corrected chi connectivity index (χ1v) is 6.47. The van der Waals surface area contributed by atoms with Crippen LogP contribution in [-0.2, 0) is 0 Å². The van der Waals surface area contributed by atoms with Crippen molar-refractivity contribution in [1.82, 2.24) is 14.6 Å². The van der Waals surface area contributed by atoms with Gasteiger partial charge >= 0.3 is 0 Å². The highest BCUT2D eigenvalue weighted by Crippen LogP contribution is 2.68. The third kappa shape index (κ3) is 1.51. The van der Waals surface area contributed by atoms with E-state index in [2.05, 4.69) is 43.1 Å². The summed E-state index contributed by atoms with van der Waals surface area (Å²) in [6, 6.07) is 3.89. The van der Waals surface area contributed by atoms with Gasteiger partial charge in [0, 0.05) is 18.8 Å². The van der Waals surface area contributed by atoms with Gasteiger partial charge in [0.15, 0.2) is 5.65 Å². The fourth-order valence-corrected chi connectivity index (χ4v) is 2.96. The van der Waals surface area contributed by atoms with Gasteiger partial charge in [0.25, 0.3) is 0 Å². The quantitative estimate of drug-likeness (QED) is 0.902. The normalized spacial score (nSPS) is 21.1. The van der Waals surface area contributed by atoms with Crippen molar-refractivity contribution in [3.8, 4) is 0 Å². The van der Waals surface area contributed by atoms with Gasteiger partial charge in [-0.05, 0) is 22.8 Å². The minimum Gasteiger partial charge on any atom is -0.370 e. The Morgan fingerprint density at radius 3 is 2.61 bits per heavy atom. The predicted octanol–water partition coefficient (Wildman–Crippen LogP) is 2.82. The standard InChI is InChI=1S/C14H20N4/c1-13(2)10(14(13,3)4)9-15-11-6-8-18-12(17-11)5-7-16-18/h5-8,10H,9H2,1-4H3,(H,15,17). The molecular weight excluding hydrogens is 224 g/mol. The van der Waals surface area contributed by atoms with Crippen LogP contribution in [0.4, 0.5) is 5.82 Å². The first-order valence-electron chi connectivity index (χ1n) is 6.47. The zero-order valence-corrected chi connectivity index (χ0v) is 11.4. The summed E-state index contributed by atoms with van der Waals surface area (Å²) in [6.45, 7) is 10.3. The molecule has 2 aromatic rings. The highest BCUT2D eigenvalue weighted by atomic mass is 15.2. The Hall–Kier alpha value is -1.58. The molecule has 1 saturated carbocycles. The van der Waals surface area contributed by atoms with Crippen LogP contribution < -0.4 is 5.32 Å². The molecule has 0 aliphatic heterocycles. The molecule has 4 nitrogen and oxygen atoms in total. The number of nitrogens with one attached hydrogen (secondary N) is 1. The lowest BCUT2D eigenvalue weighted by Crippen LogP contribution is -2.09. The van der Waals surface area contributed by atoms with E-state index in [-0.39, 0.29) is 0 Å². The van der Waals surface area contributed by atoms with Gasteiger partial charge in [-0.15, -0.1) is 0 Å². The van der Waals surface area contributed by atoms with E-state index in [4.69, 9.17) is 0 Å². The van der Waals surface area contributed by atoms with E-state index < -0.39 is 0 Å². The molecule has 0 amide bonds. The average molecular weight is 244 g/mol. The van der Waals surface area contributed by atoms with Crippen molar-refractivity contribution in [3.63, 3.8) is 0 Å². The smallest absolute Gasteiger partial charge is 0.157 e. The molecule has 2 heterocycles. The molecule has 3 rings (SSSR count). The fraction of sp³-hybridized carbons (Fsp3) is 0.571. The number of aromatic nitrogens is 3. The summed E-state index contributed by atoms with van der Waals surface area (Å²) in [5, 5.41) is 7.59. The molecule has 0 bridgehead atoms.